The molecule has 1 aromatic heterocycles. The molecule has 0 radical (unpaired) electrons. The number of nitrogens with zero attached hydrogens (tertiary/aromatic N) is 3. The van der Waals surface area contributed by atoms with Crippen molar-refractivity contribution in [2.24, 2.45) is 0 Å². The summed E-state index contributed by atoms with van der Waals surface area (Å²) in [7, 11) is 4.10. The minimum absolute atomic E-state index is 0.166. The van der Waals surface area contributed by atoms with E-state index in [1.165, 1.54) is 23.1 Å². The van der Waals surface area contributed by atoms with E-state index in [0.717, 1.165) is 50.0 Å². The smallest absolute Gasteiger partial charge is 0.254 e. The van der Waals surface area contributed by atoms with E-state index < -0.39 is 0 Å². The lowest BCUT2D eigenvalue weighted by atomic mass is 10.0. The van der Waals surface area contributed by atoms with E-state index in [-0.39, 0.29) is 11.9 Å². The Kier molecular flexibility index (Phi) is 4.77. The molecule has 1 aliphatic heterocycles. The van der Waals surface area contributed by atoms with Gasteiger partial charge in [0.05, 0.1) is 11.7 Å². The van der Waals surface area contributed by atoms with E-state index in [4.69, 9.17) is 0 Å². The van der Waals surface area contributed by atoms with Crippen molar-refractivity contribution in [1.29, 1.82) is 0 Å². The molecule has 4 rings (SSSR count). The molecule has 1 unspecified atom stereocenters. The fourth-order valence-corrected chi connectivity index (χ4v) is 4.34. The fourth-order valence-electron chi connectivity index (χ4n) is 4.34. The summed E-state index contributed by atoms with van der Waals surface area (Å²) >= 11 is 0. The van der Waals surface area contributed by atoms with Gasteiger partial charge in [-0.3, -0.25) is 9.78 Å². The number of aryl methyl sites for hydroxylation is 2. The third-order valence-corrected chi connectivity index (χ3v) is 5.56. The van der Waals surface area contributed by atoms with Crippen molar-refractivity contribution >= 4 is 5.91 Å². The summed E-state index contributed by atoms with van der Waals surface area (Å²) in [5.41, 5.74) is 5.90. The lowest BCUT2D eigenvalue weighted by Crippen LogP contribution is -2.30. The van der Waals surface area contributed by atoms with Gasteiger partial charge in [0.25, 0.3) is 5.91 Å². The predicted molar refractivity (Wildman–Crippen MR) is 103 cm³/mol. The molecule has 1 saturated heterocycles. The number of likely N-dealkylation sites (tertiary alicyclic amines) is 1. The third-order valence-electron chi connectivity index (χ3n) is 5.56. The minimum Gasteiger partial charge on any atom is -0.332 e. The first-order valence-electron chi connectivity index (χ1n) is 9.64. The molecule has 0 bridgehead atoms. The summed E-state index contributed by atoms with van der Waals surface area (Å²) in [6.45, 7) is 1.66. The Morgan fingerprint density at radius 3 is 2.85 bits per heavy atom. The molecule has 26 heavy (non-hydrogen) atoms. The average Bonchev–Trinajstić information content (AvgIpc) is 3.29. The number of pyridine rings is 1. The van der Waals surface area contributed by atoms with Gasteiger partial charge in [-0.05, 0) is 87.2 Å². The molecular formula is C22H27N3O. The van der Waals surface area contributed by atoms with Crippen LogP contribution in [0.25, 0.3) is 0 Å². The van der Waals surface area contributed by atoms with Crippen LogP contribution < -0.4 is 0 Å². The van der Waals surface area contributed by atoms with Crippen LogP contribution in [-0.2, 0) is 19.4 Å². The van der Waals surface area contributed by atoms with Crippen molar-refractivity contribution in [2.75, 3.05) is 20.6 Å². The van der Waals surface area contributed by atoms with Crippen molar-refractivity contribution in [3.8, 4) is 0 Å². The highest BCUT2D eigenvalue weighted by Gasteiger charge is 2.31. The van der Waals surface area contributed by atoms with Gasteiger partial charge in [-0.15, -0.1) is 0 Å². The second-order valence-corrected chi connectivity index (χ2v) is 7.81. The number of hydrogen-bond donors (Lipinski definition) is 0. The molecule has 2 heterocycles. The highest BCUT2D eigenvalue weighted by molar-refractivity contribution is 5.95. The molecule has 2 aliphatic rings. The van der Waals surface area contributed by atoms with Crippen molar-refractivity contribution in [3.63, 3.8) is 0 Å². The summed E-state index contributed by atoms with van der Waals surface area (Å²) in [5, 5.41) is 0. The molecule has 136 valence electrons. The first-order chi connectivity index (χ1) is 12.6. The molecule has 1 amide bonds. The van der Waals surface area contributed by atoms with Gasteiger partial charge < -0.3 is 9.80 Å². The first kappa shape index (κ1) is 17.2. The van der Waals surface area contributed by atoms with Crippen LogP contribution in [0.1, 0.15) is 58.0 Å². The van der Waals surface area contributed by atoms with Crippen molar-refractivity contribution in [2.45, 2.75) is 44.7 Å². The normalized spacial score (nSPS) is 19.2. The number of aromatic nitrogens is 1. The highest BCUT2D eigenvalue weighted by atomic mass is 16.2. The maximum Gasteiger partial charge on any atom is 0.254 e. The second kappa shape index (κ2) is 7.20. The molecule has 0 saturated carbocycles. The van der Waals surface area contributed by atoms with E-state index in [1.54, 1.807) is 0 Å². The Morgan fingerprint density at radius 1 is 1.15 bits per heavy atom. The third kappa shape index (κ3) is 3.38. The number of hydrogen-bond acceptors (Lipinski definition) is 3. The summed E-state index contributed by atoms with van der Waals surface area (Å²) in [5.74, 6) is 0.174. The topological polar surface area (TPSA) is 36.4 Å². The Labute approximate surface area is 155 Å². The predicted octanol–water partition coefficient (Wildman–Crippen LogP) is 3.61. The van der Waals surface area contributed by atoms with Crippen LogP contribution in [0.4, 0.5) is 0 Å². The standard InChI is InChI=1S/C22H27N3O/c1-24(2)15-20-14-18(10-11-23-20)21-7-4-12-25(21)22(26)19-9-8-16-5-3-6-17(16)13-19/h8-11,13-14,21H,3-7,12,15H2,1-2H3. The lowest BCUT2D eigenvalue weighted by Gasteiger charge is -2.26. The number of amides is 1. The van der Waals surface area contributed by atoms with E-state index in [2.05, 4.69) is 39.0 Å². The van der Waals surface area contributed by atoms with Gasteiger partial charge in [0.1, 0.15) is 0 Å². The van der Waals surface area contributed by atoms with Crippen LogP contribution in [0.3, 0.4) is 0 Å². The van der Waals surface area contributed by atoms with Gasteiger partial charge in [0, 0.05) is 24.8 Å². The number of carbonyl (C=O) groups is 1. The molecule has 4 nitrogen and oxygen atoms in total. The number of benzene rings is 1. The van der Waals surface area contributed by atoms with Gasteiger partial charge in [-0.25, -0.2) is 0 Å². The molecule has 1 fully saturated rings. The van der Waals surface area contributed by atoms with Gasteiger partial charge in [0.2, 0.25) is 0 Å². The van der Waals surface area contributed by atoms with Crippen molar-refractivity contribution in [1.82, 2.24) is 14.8 Å². The molecule has 2 aromatic rings. The van der Waals surface area contributed by atoms with Crippen LogP contribution in [0.15, 0.2) is 36.5 Å². The fraction of sp³-hybridized carbons (Fsp3) is 0.455. The Hall–Kier alpha value is -2.20. The second-order valence-electron chi connectivity index (χ2n) is 7.81. The van der Waals surface area contributed by atoms with Crippen LogP contribution in [0.2, 0.25) is 0 Å². The number of fused-ring (bicyclic) bond motifs is 1. The van der Waals surface area contributed by atoms with Crippen molar-refractivity contribution < 1.29 is 4.79 Å². The zero-order valence-corrected chi connectivity index (χ0v) is 15.7. The summed E-state index contributed by atoms with van der Waals surface area (Å²) in [6, 6.07) is 10.7. The molecule has 1 atom stereocenters. The van der Waals surface area contributed by atoms with Crippen LogP contribution in [0, 0.1) is 0 Å². The molecular weight excluding hydrogens is 322 g/mol. The monoisotopic (exact) mass is 349 g/mol. The molecule has 4 heteroatoms. The summed E-state index contributed by atoms with van der Waals surface area (Å²) in [4.78, 5) is 21.8. The quantitative estimate of drug-likeness (QED) is 0.846. The maximum atomic E-state index is 13.2. The van der Waals surface area contributed by atoms with E-state index in [1.807, 2.05) is 26.4 Å². The largest absolute Gasteiger partial charge is 0.332 e. The van der Waals surface area contributed by atoms with Crippen LogP contribution in [-0.4, -0.2) is 41.3 Å². The van der Waals surface area contributed by atoms with E-state index in [0.29, 0.717) is 0 Å². The van der Waals surface area contributed by atoms with Crippen LogP contribution in [0.5, 0.6) is 0 Å². The van der Waals surface area contributed by atoms with Gasteiger partial charge in [-0.2, -0.15) is 0 Å². The zero-order chi connectivity index (χ0) is 18.1. The maximum absolute atomic E-state index is 13.2. The Morgan fingerprint density at radius 2 is 2.00 bits per heavy atom. The average molecular weight is 349 g/mol. The SMILES string of the molecule is CN(C)Cc1cc(C2CCCN2C(=O)c2ccc3c(c2)CCC3)ccn1. The summed E-state index contributed by atoms with van der Waals surface area (Å²) in [6.07, 6.45) is 7.45. The highest BCUT2D eigenvalue weighted by Crippen LogP contribution is 2.34. The van der Waals surface area contributed by atoms with Gasteiger partial charge in [0.15, 0.2) is 0 Å². The first-order valence-corrected chi connectivity index (χ1v) is 9.64. The minimum atomic E-state index is 0.166. The molecule has 0 N–H and O–H groups in total. The number of rotatable bonds is 4. The molecule has 0 spiro atoms. The van der Waals surface area contributed by atoms with Gasteiger partial charge >= 0.3 is 0 Å². The van der Waals surface area contributed by atoms with Crippen molar-refractivity contribution in [3.05, 3.63) is 64.5 Å². The van der Waals surface area contributed by atoms with Gasteiger partial charge in [-0.1, -0.05) is 6.07 Å². The Balaban J connectivity index is 1.57. The van der Waals surface area contributed by atoms with E-state index >= 15 is 0 Å². The zero-order valence-electron chi connectivity index (χ0n) is 15.7. The number of carbonyl (C=O) groups excluding carboxylic acids is 1. The molecule has 1 aliphatic carbocycles. The van der Waals surface area contributed by atoms with E-state index in [9.17, 15) is 4.79 Å². The Bertz CT molecular complexity index is 815. The summed E-state index contributed by atoms with van der Waals surface area (Å²) < 4.78 is 0. The molecule has 1 aromatic carbocycles. The van der Waals surface area contributed by atoms with Crippen LogP contribution >= 0.6 is 0 Å². The lowest BCUT2D eigenvalue weighted by molar-refractivity contribution is 0.0735.